The number of benzene rings is 2. The molecule has 1 aliphatic rings. The number of H-pyrrole nitrogens is 1. The molecule has 2 aromatic carbocycles. The second-order valence-corrected chi connectivity index (χ2v) is 7.90. The van der Waals surface area contributed by atoms with E-state index in [4.69, 9.17) is 11.6 Å². The topological polar surface area (TPSA) is 83.5 Å². The van der Waals surface area contributed by atoms with E-state index in [-0.39, 0.29) is 5.02 Å². The highest BCUT2D eigenvalue weighted by Gasteiger charge is 2.25. The monoisotopic (exact) mass is 443 g/mol. The molecule has 0 atom stereocenters. The standard InChI is InChI=1S/C23H15ClFN7/c24-17-9-21-14(8-18(17)25)5-6-32(21)23-16-7-13(1-3-19(16)27-11-29-23)15-2-4-20(26-10-15)22-28-12-30-31-22/h1-4,7-12H,5-6H2,(H,28,30,31). The Hall–Kier alpha value is -3.91. The first-order valence-electron chi connectivity index (χ1n) is 10.00. The number of fused-ring (bicyclic) bond motifs is 2. The van der Waals surface area contributed by atoms with Crippen LogP contribution in [0, 0.1) is 5.82 Å². The summed E-state index contributed by atoms with van der Waals surface area (Å²) in [4.78, 5) is 19.7. The molecule has 156 valence electrons. The Morgan fingerprint density at radius 3 is 2.66 bits per heavy atom. The van der Waals surface area contributed by atoms with Crippen molar-refractivity contribution in [1.82, 2.24) is 30.1 Å². The molecule has 0 bridgehead atoms. The minimum atomic E-state index is -0.400. The first-order chi connectivity index (χ1) is 15.7. The van der Waals surface area contributed by atoms with Crippen LogP contribution in [0.15, 0.2) is 61.3 Å². The van der Waals surface area contributed by atoms with Crippen molar-refractivity contribution in [2.75, 3.05) is 11.4 Å². The van der Waals surface area contributed by atoms with Gasteiger partial charge in [-0.1, -0.05) is 23.7 Å². The molecule has 7 nitrogen and oxygen atoms in total. The number of halogens is 2. The summed E-state index contributed by atoms with van der Waals surface area (Å²) in [6, 6.07) is 13.1. The van der Waals surface area contributed by atoms with E-state index in [9.17, 15) is 4.39 Å². The third-order valence-corrected chi connectivity index (χ3v) is 5.93. The summed E-state index contributed by atoms with van der Waals surface area (Å²) in [5.41, 5.74) is 5.28. The van der Waals surface area contributed by atoms with Crippen LogP contribution in [0.3, 0.4) is 0 Å². The molecule has 0 amide bonds. The van der Waals surface area contributed by atoms with Gasteiger partial charge in [0.25, 0.3) is 0 Å². The van der Waals surface area contributed by atoms with E-state index in [1.807, 2.05) is 24.3 Å². The van der Waals surface area contributed by atoms with Gasteiger partial charge in [-0.25, -0.2) is 19.3 Å². The predicted molar refractivity (Wildman–Crippen MR) is 120 cm³/mol. The van der Waals surface area contributed by atoms with Gasteiger partial charge in [-0.15, -0.1) is 0 Å². The molecule has 0 saturated carbocycles. The molecule has 1 aliphatic heterocycles. The highest BCUT2D eigenvalue weighted by Crippen LogP contribution is 2.39. The molecule has 0 spiro atoms. The molecule has 0 fully saturated rings. The Labute approximate surface area is 187 Å². The average molecular weight is 444 g/mol. The zero-order valence-corrected chi connectivity index (χ0v) is 17.4. The Morgan fingerprint density at radius 2 is 1.84 bits per heavy atom. The summed E-state index contributed by atoms with van der Waals surface area (Å²) in [7, 11) is 0. The minimum absolute atomic E-state index is 0.104. The second kappa shape index (κ2) is 7.35. The van der Waals surface area contributed by atoms with Crippen LogP contribution in [0.5, 0.6) is 0 Å². The molecular weight excluding hydrogens is 429 g/mol. The van der Waals surface area contributed by atoms with Crippen molar-refractivity contribution in [3.63, 3.8) is 0 Å². The number of aromatic nitrogens is 6. The summed E-state index contributed by atoms with van der Waals surface area (Å²) in [6.07, 6.45) is 5.53. The lowest BCUT2D eigenvalue weighted by molar-refractivity contribution is 0.627. The average Bonchev–Trinajstić information content (AvgIpc) is 3.49. The van der Waals surface area contributed by atoms with Gasteiger partial charge in [0.15, 0.2) is 5.82 Å². The maximum atomic E-state index is 13.9. The molecule has 0 aliphatic carbocycles. The quantitative estimate of drug-likeness (QED) is 0.424. The second-order valence-electron chi connectivity index (χ2n) is 7.49. The number of aromatic amines is 1. The number of pyridine rings is 1. The SMILES string of the molecule is Fc1cc2c(cc1Cl)N(c1ncnc3ccc(-c4ccc(-c5ncn[nH]5)nc4)cc13)CC2. The largest absolute Gasteiger partial charge is 0.325 e. The maximum Gasteiger partial charge on any atom is 0.174 e. The molecule has 32 heavy (non-hydrogen) atoms. The number of hydrogen-bond donors (Lipinski definition) is 1. The molecule has 3 aromatic heterocycles. The highest BCUT2D eigenvalue weighted by atomic mass is 35.5. The van der Waals surface area contributed by atoms with E-state index in [0.29, 0.717) is 18.1 Å². The Bertz CT molecular complexity index is 1450. The van der Waals surface area contributed by atoms with Gasteiger partial charge in [0, 0.05) is 29.4 Å². The number of nitrogens with zero attached hydrogens (tertiary/aromatic N) is 6. The number of anilines is 2. The zero-order valence-electron chi connectivity index (χ0n) is 16.6. The van der Waals surface area contributed by atoms with Gasteiger partial charge in [0.1, 0.15) is 30.0 Å². The van der Waals surface area contributed by atoms with Gasteiger partial charge in [-0.2, -0.15) is 5.10 Å². The fraction of sp³-hybridized carbons (Fsp3) is 0.0870. The van der Waals surface area contributed by atoms with Crippen LogP contribution in [0.2, 0.25) is 5.02 Å². The van der Waals surface area contributed by atoms with Gasteiger partial charge >= 0.3 is 0 Å². The van der Waals surface area contributed by atoms with Crippen LogP contribution < -0.4 is 4.90 Å². The lowest BCUT2D eigenvalue weighted by atomic mass is 10.0. The summed E-state index contributed by atoms with van der Waals surface area (Å²) in [5, 5.41) is 7.68. The first-order valence-corrected chi connectivity index (χ1v) is 10.4. The van der Waals surface area contributed by atoms with Crippen LogP contribution >= 0.6 is 11.6 Å². The number of nitrogens with one attached hydrogen (secondary N) is 1. The van der Waals surface area contributed by atoms with E-state index >= 15 is 0 Å². The van der Waals surface area contributed by atoms with Crippen LogP contribution in [-0.4, -0.2) is 36.7 Å². The van der Waals surface area contributed by atoms with Crippen LogP contribution in [0.25, 0.3) is 33.5 Å². The zero-order chi connectivity index (χ0) is 21.7. The van der Waals surface area contributed by atoms with E-state index in [0.717, 1.165) is 45.5 Å². The molecule has 0 unspecified atom stereocenters. The van der Waals surface area contributed by atoms with Crippen molar-refractivity contribution in [2.24, 2.45) is 0 Å². The van der Waals surface area contributed by atoms with Crippen molar-refractivity contribution >= 4 is 34.0 Å². The molecule has 5 aromatic rings. The smallest absolute Gasteiger partial charge is 0.174 e. The molecule has 6 rings (SSSR count). The van der Waals surface area contributed by atoms with E-state index in [2.05, 4.69) is 41.1 Å². The van der Waals surface area contributed by atoms with Crippen molar-refractivity contribution < 1.29 is 4.39 Å². The van der Waals surface area contributed by atoms with Crippen molar-refractivity contribution in [2.45, 2.75) is 6.42 Å². The van der Waals surface area contributed by atoms with Crippen molar-refractivity contribution in [3.05, 3.63) is 77.7 Å². The number of rotatable bonds is 3. The van der Waals surface area contributed by atoms with Gasteiger partial charge in [0.05, 0.1) is 10.5 Å². The third-order valence-electron chi connectivity index (χ3n) is 5.64. The molecule has 0 radical (unpaired) electrons. The highest BCUT2D eigenvalue weighted by molar-refractivity contribution is 6.31. The van der Waals surface area contributed by atoms with Gasteiger partial charge in [-0.05, 0) is 47.9 Å². The Balaban J connectivity index is 1.43. The van der Waals surface area contributed by atoms with Gasteiger partial charge in [-0.3, -0.25) is 10.1 Å². The summed E-state index contributed by atoms with van der Waals surface area (Å²) < 4.78 is 13.9. The van der Waals surface area contributed by atoms with E-state index in [1.165, 1.54) is 12.4 Å². The normalized spacial score (nSPS) is 13.0. The minimum Gasteiger partial charge on any atom is -0.325 e. The lowest BCUT2D eigenvalue weighted by Crippen LogP contribution is -2.15. The van der Waals surface area contributed by atoms with Crippen LogP contribution in [0.4, 0.5) is 15.9 Å². The van der Waals surface area contributed by atoms with Crippen molar-refractivity contribution in [3.8, 4) is 22.6 Å². The summed E-state index contributed by atoms with van der Waals surface area (Å²) >= 11 is 6.07. The Kier molecular flexibility index (Phi) is 4.32. The Morgan fingerprint density at radius 1 is 0.938 bits per heavy atom. The molecular formula is C23H15ClFN7. The number of hydrogen-bond acceptors (Lipinski definition) is 6. The third kappa shape index (κ3) is 3.07. The fourth-order valence-corrected chi connectivity index (χ4v) is 4.23. The molecule has 1 N–H and O–H groups in total. The van der Waals surface area contributed by atoms with E-state index in [1.54, 1.807) is 18.6 Å². The molecule has 9 heteroatoms. The van der Waals surface area contributed by atoms with Crippen LogP contribution in [0.1, 0.15) is 5.56 Å². The fourth-order valence-electron chi connectivity index (χ4n) is 4.07. The van der Waals surface area contributed by atoms with E-state index < -0.39 is 5.82 Å². The predicted octanol–water partition coefficient (Wildman–Crippen LogP) is 4.96. The maximum absolute atomic E-state index is 13.9. The van der Waals surface area contributed by atoms with Gasteiger partial charge < -0.3 is 4.90 Å². The van der Waals surface area contributed by atoms with Crippen molar-refractivity contribution in [1.29, 1.82) is 0 Å². The van der Waals surface area contributed by atoms with Gasteiger partial charge in [0.2, 0.25) is 0 Å². The van der Waals surface area contributed by atoms with Crippen LogP contribution in [-0.2, 0) is 6.42 Å². The molecule has 0 saturated heterocycles. The lowest BCUT2D eigenvalue weighted by Gasteiger charge is -2.20. The summed E-state index contributed by atoms with van der Waals surface area (Å²) in [6.45, 7) is 0.693. The molecule has 4 heterocycles. The summed E-state index contributed by atoms with van der Waals surface area (Å²) in [5.74, 6) is 0.987. The first kappa shape index (κ1) is 18.8.